The van der Waals surface area contributed by atoms with E-state index in [2.05, 4.69) is 20.8 Å². The first-order valence-corrected chi connectivity index (χ1v) is 7.41. The second kappa shape index (κ2) is 10.1. The summed E-state index contributed by atoms with van der Waals surface area (Å²) < 4.78 is 23.5. The van der Waals surface area contributed by atoms with Crippen molar-refractivity contribution in [1.82, 2.24) is 15.8 Å². The standard InChI is InChI=1S/C16H21FN4O2.HI/c1-4-18-16(19-10-13-7-8-23-21-13)20-11(2)12-5-6-15(22-3)14(17)9-12;/h5-9,11H,4,10H2,1-3H3,(H2,18,19,20);1H. The molecule has 8 heteroatoms. The maximum Gasteiger partial charge on any atom is 0.192 e. The van der Waals surface area contributed by atoms with Crippen LogP contribution in [0.2, 0.25) is 0 Å². The highest BCUT2D eigenvalue weighted by atomic mass is 127. The average molecular weight is 448 g/mol. The zero-order valence-corrected chi connectivity index (χ0v) is 16.2. The van der Waals surface area contributed by atoms with E-state index in [-0.39, 0.29) is 41.6 Å². The van der Waals surface area contributed by atoms with Gasteiger partial charge in [-0.2, -0.15) is 0 Å². The number of nitrogens with one attached hydrogen (secondary N) is 2. The van der Waals surface area contributed by atoms with E-state index in [1.165, 1.54) is 19.4 Å². The molecule has 1 aromatic carbocycles. The first kappa shape index (κ1) is 20.2. The summed E-state index contributed by atoms with van der Waals surface area (Å²) in [7, 11) is 1.44. The molecule has 132 valence electrons. The highest BCUT2D eigenvalue weighted by molar-refractivity contribution is 14.0. The number of rotatable bonds is 6. The van der Waals surface area contributed by atoms with Crippen molar-refractivity contribution in [3.8, 4) is 5.75 Å². The lowest BCUT2D eigenvalue weighted by Gasteiger charge is -2.18. The van der Waals surface area contributed by atoms with E-state index < -0.39 is 0 Å². The molecule has 2 rings (SSSR count). The van der Waals surface area contributed by atoms with Gasteiger partial charge in [0.05, 0.1) is 19.7 Å². The van der Waals surface area contributed by atoms with Gasteiger partial charge in [0, 0.05) is 12.6 Å². The number of aromatic nitrogens is 1. The predicted molar refractivity (Wildman–Crippen MR) is 101 cm³/mol. The molecule has 0 aliphatic heterocycles. The molecule has 24 heavy (non-hydrogen) atoms. The second-order valence-electron chi connectivity index (χ2n) is 4.95. The van der Waals surface area contributed by atoms with Crippen LogP contribution in [0.5, 0.6) is 5.75 Å². The van der Waals surface area contributed by atoms with Crippen LogP contribution in [-0.4, -0.2) is 24.8 Å². The number of ether oxygens (including phenoxy) is 1. The van der Waals surface area contributed by atoms with Crippen LogP contribution in [0.1, 0.15) is 31.1 Å². The zero-order valence-electron chi connectivity index (χ0n) is 13.9. The SMILES string of the molecule is CCNC(=NCc1ccon1)NC(C)c1ccc(OC)c(F)c1.I. The molecule has 0 saturated heterocycles. The second-order valence-corrected chi connectivity index (χ2v) is 4.95. The fraction of sp³-hybridized carbons (Fsp3) is 0.375. The van der Waals surface area contributed by atoms with Crippen LogP contribution in [0.25, 0.3) is 0 Å². The zero-order chi connectivity index (χ0) is 16.7. The smallest absolute Gasteiger partial charge is 0.192 e. The lowest BCUT2D eigenvalue weighted by Crippen LogP contribution is -2.38. The van der Waals surface area contributed by atoms with Gasteiger partial charge in [-0.05, 0) is 31.5 Å². The third-order valence-corrected chi connectivity index (χ3v) is 3.26. The van der Waals surface area contributed by atoms with Crippen molar-refractivity contribution in [1.29, 1.82) is 0 Å². The molecule has 1 atom stereocenters. The largest absolute Gasteiger partial charge is 0.494 e. The van der Waals surface area contributed by atoms with Gasteiger partial charge in [0.25, 0.3) is 0 Å². The first-order chi connectivity index (χ1) is 11.1. The number of halogens is 2. The van der Waals surface area contributed by atoms with E-state index in [9.17, 15) is 4.39 Å². The Kier molecular flexibility index (Phi) is 8.51. The van der Waals surface area contributed by atoms with Gasteiger partial charge in [-0.1, -0.05) is 11.2 Å². The molecule has 2 N–H and O–H groups in total. The van der Waals surface area contributed by atoms with Crippen molar-refractivity contribution in [3.63, 3.8) is 0 Å². The number of nitrogens with zero attached hydrogens (tertiary/aromatic N) is 2. The van der Waals surface area contributed by atoms with Crippen molar-refractivity contribution in [2.75, 3.05) is 13.7 Å². The van der Waals surface area contributed by atoms with Crippen molar-refractivity contribution in [2.45, 2.75) is 26.4 Å². The maximum absolute atomic E-state index is 13.8. The predicted octanol–water partition coefficient (Wildman–Crippen LogP) is 3.26. The number of hydrogen-bond donors (Lipinski definition) is 2. The van der Waals surface area contributed by atoms with Gasteiger partial charge in [0.1, 0.15) is 12.0 Å². The number of guanidine groups is 1. The topological polar surface area (TPSA) is 71.7 Å². The molecule has 0 spiro atoms. The van der Waals surface area contributed by atoms with Gasteiger partial charge in [0.15, 0.2) is 17.5 Å². The van der Waals surface area contributed by atoms with E-state index in [4.69, 9.17) is 9.26 Å². The Morgan fingerprint density at radius 1 is 1.42 bits per heavy atom. The van der Waals surface area contributed by atoms with Crippen LogP contribution in [0.4, 0.5) is 4.39 Å². The molecule has 2 aromatic rings. The monoisotopic (exact) mass is 448 g/mol. The Morgan fingerprint density at radius 3 is 2.79 bits per heavy atom. The number of aliphatic imine (C=N–C) groups is 1. The van der Waals surface area contributed by atoms with Gasteiger partial charge >= 0.3 is 0 Å². The van der Waals surface area contributed by atoms with Gasteiger partial charge in [-0.15, -0.1) is 24.0 Å². The molecule has 0 aliphatic rings. The van der Waals surface area contributed by atoms with Crippen LogP contribution in [0.15, 0.2) is 40.0 Å². The molecule has 0 aliphatic carbocycles. The third kappa shape index (κ3) is 5.66. The maximum atomic E-state index is 13.8. The van der Waals surface area contributed by atoms with Gasteiger partial charge in [-0.3, -0.25) is 0 Å². The van der Waals surface area contributed by atoms with Gasteiger partial charge in [0.2, 0.25) is 0 Å². The first-order valence-electron chi connectivity index (χ1n) is 7.41. The van der Waals surface area contributed by atoms with E-state index in [0.717, 1.165) is 11.3 Å². The van der Waals surface area contributed by atoms with Crippen LogP contribution >= 0.6 is 24.0 Å². The summed E-state index contributed by atoms with van der Waals surface area (Å²) >= 11 is 0. The van der Waals surface area contributed by atoms with Gasteiger partial charge < -0.3 is 19.9 Å². The minimum absolute atomic E-state index is 0. The fourth-order valence-electron chi connectivity index (χ4n) is 2.04. The molecule has 0 amide bonds. The summed E-state index contributed by atoms with van der Waals surface area (Å²) in [6.45, 7) is 5.03. The van der Waals surface area contributed by atoms with Crippen molar-refractivity contribution >= 4 is 29.9 Å². The van der Waals surface area contributed by atoms with E-state index in [1.54, 1.807) is 12.1 Å². The Labute approximate surface area is 157 Å². The highest BCUT2D eigenvalue weighted by Gasteiger charge is 2.11. The summed E-state index contributed by atoms with van der Waals surface area (Å²) in [6.07, 6.45) is 1.51. The molecule has 1 heterocycles. The minimum Gasteiger partial charge on any atom is -0.494 e. The summed E-state index contributed by atoms with van der Waals surface area (Å²) in [6, 6.07) is 6.53. The van der Waals surface area contributed by atoms with Crippen LogP contribution < -0.4 is 15.4 Å². The third-order valence-electron chi connectivity index (χ3n) is 3.26. The molecule has 1 aromatic heterocycles. The molecular weight excluding hydrogens is 426 g/mol. The van der Waals surface area contributed by atoms with Crippen molar-refractivity contribution in [3.05, 3.63) is 47.6 Å². The molecule has 6 nitrogen and oxygen atoms in total. The van der Waals surface area contributed by atoms with Crippen LogP contribution in [0, 0.1) is 5.82 Å². The lowest BCUT2D eigenvalue weighted by molar-refractivity contribution is 0.386. The van der Waals surface area contributed by atoms with Crippen molar-refractivity contribution in [2.24, 2.45) is 4.99 Å². The van der Waals surface area contributed by atoms with Gasteiger partial charge in [-0.25, -0.2) is 9.38 Å². The fourth-order valence-corrected chi connectivity index (χ4v) is 2.04. The molecule has 0 saturated carbocycles. The number of hydrogen-bond acceptors (Lipinski definition) is 4. The van der Waals surface area contributed by atoms with Crippen LogP contribution in [0.3, 0.4) is 0 Å². The van der Waals surface area contributed by atoms with E-state index in [1.807, 2.05) is 19.9 Å². The molecule has 0 bridgehead atoms. The number of benzene rings is 1. The summed E-state index contributed by atoms with van der Waals surface area (Å²) in [5.41, 5.74) is 1.54. The molecule has 1 unspecified atom stereocenters. The van der Waals surface area contributed by atoms with E-state index in [0.29, 0.717) is 19.0 Å². The average Bonchev–Trinajstić information content (AvgIpc) is 3.06. The highest BCUT2D eigenvalue weighted by Crippen LogP contribution is 2.21. The molecule has 0 fully saturated rings. The van der Waals surface area contributed by atoms with Crippen LogP contribution in [-0.2, 0) is 6.54 Å². The Bertz CT molecular complexity index is 650. The Hall–Kier alpha value is -1.84. The molecule has 0 radical (unpaired) electrons. The Balaban J connectivity index is 0.00000288. The minimum atomic E-state index is -0.386. The Morgan fingerprint density at radius 2 is 2.21 bits per heavy atom. The van der Waals surface area contributed by atoms with E-state index >= 15 is 0 Å². The summed E-state index contributed by atoms with van der Waals surface area (Å²) in [5.74, 6) is 0.468. The quantitative estimate of drug-likeness (QED) is 0.404. The van der Waals surface area contributed by atoms with Crippen molar-refractivity contribution < 1.29 is 13.7 Å². The normalized spacial score (nSPS) is 12.2. The lowest BCUT2D eigenvalue weighted by atomic mass is 10.1. The molecular formula is C16H22FIN4O2. The number of methoxy groups -OCH3 is 1. The summed E-state index contributed by atoms with van der Waals surface area (Å²) in [5, 5.41) is 10.2. The summed E-state index contributed by atoms with van der Waals surface area (Å²) in [4.78, 5) is 4.43.